The van der Waals surface area contributed by atoms with Gasteiger partial charge >= 0.3 is 0 Å². The molecule has 112 valence electrons. The molecule has 4 nitrogen and oxygen atoms in total. The zero-order chi connectivity index (χ0) is 14.8. The quantitative estimate of drug-likeness (QED) is 0.878. The third kappa shape index (κ3) is 3.26. The molecular formula is C17H22N2O2. The highest BCUT2D eigenvalue weighted by Crippen LogP contribution is 2.25. The molecule has 0 bridgehead atoms. The molecule has 2 N–H and O–H groups in total. The van der Waals surface area contributed by atoms with Crippen molar-refractivity contribution in [2.45, 2.75) is 51.5 Å². The third-order valence-electron chi connectivity index (χ3n) is 4.61. The molecule has 1 saturated carbocycles. The second-order valence-corrected chi connectivity index (χ2v) is 6.35. The van der Waals surface area contributed by atoms with Gasteiger partial charge in [-0.3, -0.25) is 9.59 Å². The number of hydrogen-bond acceptors (Lipinski definition) is 2. The van der Waals surface area contributed by atoms with Crippen molar-refractivity contribution in [3.63, 3.8) is 0 Å². The first-order valence-corrected chi connectivity index (χ1v) is 7.85. The van der Waals surface area contributed by atoms with Crippen LogP contribution in [0.2, 0.25) is 0 Å². The van der Waals surface area contributed by atoms with Crippen molar-refractivity contribution in [3.05, 3.63) is 29.3 Å². The van der Waals surface area contributed by atoms with Crippen molar-refractivity contribution in [2.75, 3.05) is 5.32 Å². The van der Waals surface area contributed by atoms with E-state index in [0.29, 0.717) is 24.4 Å². The van der Waals surface area contributed by atoms with Crippen molar-refractivity contribution in [1.29, 1.82) is 0 Å². The molecule has 3 rings (SSSR count). The van der Waals surface area contributed by atoms with Crippen molar-refractivity contribution in [1.82, 2.24) is 5.32 Å². The normalized spacial score (nSPS) is 24.9. The molecule has 0 radical (unpaired) electrons. The molecule has 21 heavy (non-hydrogen) atoms. The molecule has 1 aromatic carbocycles. The molecule has 0 unspecified atom stereocenters. The zero-order valence-corrected chi connectivity index (χ0v) is 12.4. The van der Waals surface area contributed by atoms with Crippen LogP contribution in [0.1, 0.15) is 54.9 Å². The van der Waals surface area contributed by atoms with E-state index in [2.05, 4.69) is 17.6 Å². The molecule has 0 aromatic heterocycles. The van der Waals surface area contributed by atoms with Crippen molar-refractivity contribution >= 4 is 17.5 Å². The van der Waals surface area contributed by atoms with Crippen LogP contribution in [0.25, 0.3) is 0 Å². The monoisotopic (exact) mass is 286 g/mol. The molecule has 2 amide bonds. The Morgan fingerprint density at radius 2 is 1.95 bits per heavy atom. The van der Waals surface area contributed by atoms with Crippen molar-refractivity contribution in [2.24, 2.45) is 5.92 Å². The van der Waals surface area contributed by atoms with Gasteiger partial charge in [0.05, 0.1) is 0 Å². The standard InChI is InChI=1S/C17H22N2O2/c1-11-2-6-14(7-3-11)18-17(21)13-4-8-15-12(10-13)5-9-16(20)19-15/h4,8,10-11,14H,2-3,5-7,9H2,1H3,(H,18,21)(H,19,20). The van der Waals surface area contributed by atoms with Gasteiger partial charge < -0.3 is 10.6 Å². The van der Waals surface area contributed by atoms with Gasteiger partial charge in [-0.05, 0) is 61.8 Å². The predicted octanol–water partition coefficient (Wildman–Crippen LogP) is 2.88. The lowest BCUT2D eigenvalue weighted by atomic mass is 9.87. The fourth-order valence-corrected chi connectivity index (χ4v) is 3.20. The highest BCUT2D eigenvalue weighted by Gasteiger charge is 2.21. The highest BCUT2D eigenvalue weighted by molar-refractivity contribution is 5.98. The summed E-state index contributed by atoms with van der Waals surface area (Å²) < 4.78 is 0. The van der Waals surface area contributed by atoms with Gasteiger partial charge in [-0.2, -0.15) is 0 Å². The fourth-order valence-electron chi connectivity index (χ4n) is 3.20. The summed E-state index contributed by atoms with van der Waals surface area (Å²) in [6.45, 7) is 2.27. The van der Waals surface area contributed by atoms with Gasteiger partial charge in [0, 0.05) is 23.7 Å². The van der Waals surface area contributed by atoms with Crippen molar-refractivity contribution < 1.29 is 9.59 Å². The van der Waals surface area contributed by atoms with Crippen molar-refractivity contribution in [3.8, 4) is 0 Å². The van der Waals surface area contributed by atoms with E-state index in [4.69, 9.17) is 0 Å². The molecule has 0 atom stereocenters. The van der Waals surface area contributed by atoms with E-state index in [1.54, 1.807) is 6.07 Å². The minimum absolute atomic E-state index is 0.00857. The van der Waals surface area contributed by atoms with E-state index in [1.807, 2.05) is 12.1 Å². The largest absolute Gasteiger partial charge is 0.349 e. The summed E-state index contributed by atoms with van der Waals surface area (Å²) in [4.78, 5) is 23.7. The smallest absolute Gasteiger partial charge is 0.251 e. The number of amides is 2. The van der Waals surface area contributed by atoms with E-state index in [1.165, 1.54) is 12.8 Å². The Kier molecular flexibility index (Phi) is 3.95. The van der Waals surface area contributed by atoms with E-state index < -0.39 is 0 Å². The summed E-state index contributed by atoms with van der Waals surface area (Å²) in [6.07, 6.45) is 5.76. The zero-order valence-electron chi connectivity index (χ0n) is 12.4. The molecule has 0 saturated heterocycles. The van der Waals surface area contributed by atoms with E-state index in [9.17, 15) is 9.59 Å². The lowest BCUT2D eigenvalue weighted by molar-refractivity contribution is -0.116. The summed E-state index contributed by atoms with van der Waals surface area (Å²) in [6, 6.07) is 5.86. The van der Waals surface area contributed by atoms with E-state index in [0.717, 1.165) is 30.0 Å². The van der Waals surface area contributed by atoms with Crippen LogP contribution >= 0.6 is 0 Å². The summed E-state index contributed by atoms with van der Waals surface area (Å²) in [7, 11) is 0. The second-order valence-electron chi connectivity index (χ2n) is 6.35. The molecule has 1 fully saturated rings. The number of nitrogens with one attached hydrogen (secondary N) is 2. The predicted molar refractivity (Wildman–Crippen MR) is 82.3 cm³/mol. The van der Waals surface area contributed by atoms with Gasteiger partial charge in [0.2, 0.25) is 5.91 Å². The van der Waals surface area contributed by atoms with Crippen LogP contribution in [0.3, 0.4) is 0 Å². The number of carbonyl (C=O) groups excluding carboxylic acids is 2. The number of benzene rings is 1. The first-order valence-electron chi connectivity index (χ1n) is 7.85. The average molecular weight is 286 g/mol. The van der Waals surface area contributed by atoms with Crippen LogP contribution < -0.4 is 10.6 Å². The van der Waals surface area contributed by atoms with Crippen LogP contribution in [0.4, 0.5) is 5.69 Å². The Bertz CT molecular complexity index is 560. The van der Waals surface area contributed by atoms with Crippen LogP contribution in [0, 0.1) is 5.92 Å². The third-order valence-corrected chi connectivity index (χ3v) is 4.61. The van der Waals surface area contributed by atoms with Crippen LogP contribution in [-0.2, 0) is 11.2 Å². The Hall–Kier alpha value is -1.84. The number of hydrogen-bond donors (Lipinski definition) is 2. The summed E-state index contributed by atoms with van der Waals surface area (Å²) >= 11 is 0. The highest BCUT2D eigenvalue weighted by atomic mass is 16.2. The Labute approximate surface area is 125 Å². The van der Waals surface area contributed by atoms with Gasteiger partial charge in [-0.15, -0.1) is 0 Å². The Morgan fingerprint density at radius 1 is 1.19 bits per heavy atom. The maximum absolute atomic E-state index is 12.3. The number of anilines is 1. The van der Waals surface area contributed by atoms with E-state index in [-0.39, 0.29) is 11.8 Å². The SMILES string of the molecule is CC1CCC(NC(=O)c2ccc3c(c2)CCC(=O)N3)CC1. The molecular weight excluding hydrogens is 264 g/mol. The first kappa shape index (κ1) is 14.1. The molecule has 0 spiro atoms. The number of fused-ring (bicyclic) bond motifs is 1. The van der Waals surface area contributed by atoms with Gasteiger partial charge in [0.15, 0.2) is 0 Å². The topological polar surface area (TPSA) is 58.2 Å². The summed E-state index contributed by atoms with van der Waals surface area (Å²) in [5.41, 5.74) is 2.59. The van der Waals surface area contributed by atoms with Crippen LogP contribution in [0.5, 0.6) is 0 Å². The lowest BCUT2D eigenvalue weighted by Gasteiger charge is -2.27. The van der Waals surface area contributed by atoms with Crippen LogP contribution in [-0.4, -0.2) is 17.9 Å². The molecule has 2 aliphatic rings. The first-order chi connectivity index (χ1) is 10.1. The Morgan fingerprint density at radius 3 is 2.71 bits per heavy atom. The fraction of sp³-hybridized carbons (Fsp3) is 0.529. The molecule has 1 aliphatic heterocycles. The van der Waals surface area contributed by atoms with Gasteiger partial charge in [0.1, 0.15) is 0 Å². The van der Waals surface area contributed by atoms with Gasteiger partial charge in [-0.25, -0.2) is 0 Å². The number of carbonyl (C=O) groups is 2. The molecule has 1 aliphatic carbocycles. The van der Waals surface area contributed by atoms with Gasteiger partial charge in [-0.1, -0.05) is 6.92 Å². The van der Waals surface area contributed by atoms with Gasteiger partial charge in [0.25, 0.3) is 5.91 Å². The minimum atomic E-state index is 0.00857. The maximum Gasteiger partial charge on any atom is 0.251 e. The Balaban J connectivity index is 1.66. The summed E-state index contributed by atoms with van der Waals surface area (Å²) in [5.74, 6) is 0.843. The molecule has 1 heterocycles. The molecule has 4 heteroatoms. The van der Waals surface area contributed by atoms with E-state index >= 15 is 0 Å². The maximum atomic E-state index is 12.3. The molecule has 1 aromatic rings. The number of aryl methyl sites for hydroxylation is 1. The van der Waals surface area contributed by atoms with Crippen LogP contribution in [0.15, 0.2) is 18.2 Å². The second kappa shape index (κ2) is 5.88. The average Bonchev–Trinajstić information content (AvgIpc) is 2.49. The minimum Gasteiger partial charge on any atom is -0.349 e. The number of rotatable bonds is 2. The lowest BCUT2D eigenvalue weighted by Crippen LogP contribution is -2.37. The summed E-state index contributed by atoms with van der Waals surface area (Å²) in [5, 5.41) is 5.99.